The average Bonchev–Trinajstić information content (AvgIpc) is 3.03. The molecule has 1 aliphatic heterocycles. The largest absolute Gasteiger partial charge is 0.396 e. The zero-order valence-electron chi connectivity index (χ0n) is 16.8. The number of hydrogen-bond donors (Lipinski definition) is 2. The molecule has 1 aliphatic rings. The van der Waals surface area contributed by atoms with Gasteiger partial charge < -0.3 is 19.8 Å². The molecule has 0 bridgehead atoms. The molecule has 1 fully saturated rings. The van der Waals surface area contributed by atoms with Crippen molar-refractivity contribution in [3.8, 4) is 0 Å². The van der Waals surface area contributed by atoms with E-state index in [9.17, 15) is 9.90 Å². The van der Waals surface area contributed by atoms with Crippen molar-refractivity contribution >= 4 is 17.7 Å². The summed E-state index contributed by atoms with van der Waals surface area (Å²) in [6.45, 7) is 1.56. The van der Waals surface area contributed by atoms with E-state index < -0.39 is 6.10 Å². The van der Waals surface area contributed by atoms with E-state index >= 15 is 0 Å². The molecular weight excluding hydrogens is 374 g/mol. The summed E-state index contributed by atoms with van der Waals surface area (Å²) in [7, 11) is 1.67. The molecule has 0 aromatic heterocycles. The van der Waals surface area contributed by atoms with E-state index in [0.29, 0.717) is 19.4 Å². The van der Waals surface area contributed by atoms with Crippen LogP contribution in [0.5, 0.6) is 0 Å². The number of methoxy groups -OCH3 is 1. The lowest BCUT2D eigenvalue weighted by Gasteiger charge is -2.22. The van der Waals surface area contributed by atoms with Crippen LogP contribution in [0.1, 0.15) is 36.8 Å². The first-order valence-corrected chi connectivity index (χ1v) is 11.2. The fraction of sp³-hybridized carbons (Fsp3) is 0.591. The van der Waals surface area contributed by atoms with Crippen LogP contribution in [0.3, 0.4) is 0 Å². The third-order valence-corrected chi connectivity index (χ3v) is 5.90. The fourth-order valence-corrected chi connectivity index (χ4v) is 4.34. The van der Waals surface area contributed by atoms with Crippen LogP contribution in [0.15, 0.2) is 36.4 Å². The van der Waals surface area contributed by atoms with Crippen molar-refractivity contribution in [2.75, 3.05) is 31.8 Å². The molecular formula is C22H33NO4S. The number of aliphatic hydroxyl groups excluding tert-OH is 2. The molecule has 5 nitrogen and oxygen atoms in total. The molecule has 1 heterocycles. The van der Waals surface area contributed by atoms with Gasteiger partial charge in [-0.1, -0.05) is 36.4 Å². The number of likely N-dealkylation sites (tertiary alicyclic amines) is 1. The summed E-state index contributed by atoms with van der Waals surface area (Å²) in [5.41, 5.74) is 2.17. The first kappa shape index (κ1) is 22.9. The third kappa shape index (κ3) is 7.95. The standard InChI is InChI=1S/C22H33NO4S/c1-27-17-19-6-4-5-18(15-19)16-21(25)9-7-20-8-10-22(26)23(20)11-14-28-13-3-2-12-24/h4-7,9,15,20-21,24-25H,2-3,8,10-14,16-17H2,1H3/t20-,21+/m0/s1. The van der Waals surface area contributed by atoms with Gasteiger partial charge in [-0.15, -0.1) is 0 Å². The molecule has 1 aromatic rings. The highest BCUT2D eigenvalue weighted by Crippen LogP contribution is 2.21. The summed E-state index contributed by atoms with van der Waals surface area (Å²) in [5.74, 6) is 2.13. The molecule has 1 amide bonds. The lowest BCUT2D eigenvalue weighted by Crippen LogP contribution is -2.34. The first-order valence-electron chi connectivity index (χ1n) is 10.0. The van der Waals surface area contributed by atoms with Crippen molar-refractivity contribution < 1.29 is 19.7 Å². The summed E-state index contributed by atoms with van der Waals surface area (Å²) in [6.07, 6.45) is 7.06. The predicted molar refractivity (Wildman–Crippen MR) is 114 cm³/mol. The van der Waals surface area contributed by atoms with Crippen molar-refractivity contribution in [2.45, 2.75) is 50.9 Å². The molecule has 0 radical (unpaired) electrons. The number of amides is 1. The highest BCUT2D eigenvalue weighted by atomic mass is 32.2. The van der Waals surface area contributed by atoms with Gasteiger partial charge in [-0.2, -0.15) is 11.8 Å². The van der Waals surface area contributed by atoms with Crippen LogP contribution >= 0.6 is 11.8 Å². The minimum atomic E-state index is -0.566. The van der Waals surface area contributed by atoms with Gasteiger partial charge in [0, 0.05) is 38.9 Å². The minimum Gasteiger partial charge on any atom is -0.396 e. The summed E-state index contributed by atoms with van der Waals surface area (Å²) in [5, 5.41) is 19.2. The van der Waals surface area contributed by atoms with E-state index in [0.717, 1.165) is 48.4 Å². The second-order valence-electron chi connectivity index (χ2n) is 7.15. The molecule has 6 heteroatoms. The molecule has 2 rings (SSSR count). The van der Waals surface area contributed by atoms with Crippen molar-refractivity contribution in [1.82, 2.24) is 4.90 Å². The number of hydrogen-bond acceptors (Lipinski definition) is 5. The van der Waals surface area contributed by atoms with Gasteiger partial charge in [0.25, 0.3) is 0 Å². The predicted octanol–water partition coefficient (Wildman–Crippen LogP) is 2.79. The maximum Gasteiger partial charge on any atom is 0.223 e. The number of nitrogens with zero attached hydrogens (tertiary/aromatic N) is 1. The monoisotopic (exact) mass is 407 g/mol. The fourth-order valence-electron chi connectivity index (χ4n) is 3.41. The van der Waals surface area contributed by atoms with Gasteiger partial charge in [-0.3, -0.25) is 4.79 Å². The molecule has 28 heavy (non-hydrogen) atoms. The number of rotatable bonds is 13. The summed E-state index contributed by atoms with van der Waals surface area (Å²) in [4.78, 5) is 14.1. The van der Waals surface area contributed by atoms with Crippen LogP contribution in [0.2, 0.25) is 0 Å². The molecule has 1 saturated heterocycles. The Kier molecular flexibility index (Phi) is 10.6. The van der Waals surface area contributed by atoms with Gasteiger partial charge in [0.2, 0.25) is 5.91 Å². The SMILES string of the molecule is COCc1cccc(C[C@H](O)C=C[C@H]2CCC(=O)N2CCSCCCCO)c1. The van der Waals surface area contributed by atoms with Gasteiger partial charge in [-0.25, -0.2) is 0 Å². The Morgan fingerprint density at radius 3 is 2.93 bits per heavy atom. The van der Waals surface area contributed by atoms with Crippen molar-refractivity contribution in [2.24, 2.45) is 0 Å². The van der Waals surface area contributed by atoms with Crippen LogP contribution < -0.4 is 0 Å². The first-order chi connectivity index (χ1) is 13.6. The highest BCUT2D eigenvalue weighted by molar-refractivity contribution is 7.99. The normalized spacial score (nSPS) is 18.3. The Balaban J connectivity index is 1.80. The smallest absolute Gasteiger partial charge is 0.223 e. The number of aliphatic hydroxyl groups is 2. The third-order valence-electron chi connectivity index (χ3n) is 4.85. The topological polar surface area (TPSA) is 70.0 Å². The van der Waals surface area contributed by atoms with Crippen LogP contribution in [0, 0.1) is 0 Å². The van der Waals surface area contributed by atoms with E-state index in [1.54, 1.807) is 7.11 Å². The Morgan fingerprint density at radius 1 is 1.32 bits per heavy atom. The van der Waals surface area contributed by atoms with Gasteiger partial charge in [0.05, 0.1) is 18.8 Å². The molecule has 0 saturated carbocycles. The zero-order chi connectivity index (χ0) is 20.2. The Labute approximate surface area is 172 Å². The number of benzene rings is 1. The average molecular weight is 408 g/mol. The van der Waals surface area contributed by atoms with Crippen LogP contribution in [-0.2, 0) is 22.6 Å². The Hall–Kier alpha value is -1.34. The number of carbonyl (C=O) groups is 1. The summed E-state index contributed by atoms with van der Waals surface area (Å²) < 4.78 is 5.16. The summed E-state index contributed by atoms with van der Waals surface area (Å²) >= 11 is 1.83. The Morgan fingerprint density at radius 2 is 2.14 bits per heavy atom. The van der Waals surface area contributed by atoms with Crippen molar-refractivity contribution in [1.29, 1.82) is 0 Å². The number of carbonyl (C=O) groups excluding carboxylic acids is 1. The highest BCUT2D eigenvalue weighted by Gasteiger charge is 2.28. The molecule has 0 spiro atoms. The second-order valence-corrected chi connectivity index (χ2v) is 8.37. The van der Waals surface area contributed by atoms with E-state index in [1.165, 1.54) is 0 Å². The molecule has 0 unspecified atom stereocenters. The quantitative estimate of drug-likeness (QED) is 0.389. The number of unbranched alkanes of at least 4 members (excludes halogenated alkanes) is 1. The Bertz CT molecular complexity index is 622. The molecule has 156 valence electrons. The molecule has 2 atom stereocenters. The summed E-state index contributed by atoms with van der Waals surface area (Å²) in [6, 6.07) is 8.14. The molecule has 1 aromatic carbocycles. The van der Waals surface area contributed by atoms with Crippen LogP contribution in [0.25, 0.3) is 0 Å². The van der Waals surface area contributed by atoms with E-state index in [1.807, 2.05) is 47.0 Å². The number of thioether (sulfide) groups is 1. The zero-order valence-corrected chi connectivity index (χ0v) is 17.6. The lowest BCUT2D eigenvalue weighted by molar-refractivity contribution is -0.128. The van der Waals surface area contributed by atoms with Gasteiger partial charge in [-0.05, 0) is 36.1 Å². The maximum absolute atomic E-state index is 12.2. The second kappa shape index (κ2) is 13.0. The van der Waals surface area contributed by atoms with Gasteiger partial charge >= 0.3 is 0 Å². The van der Waals surface area contributed by atoms with E-state index in [-0.39, 0.29) is 18.6 Å². The van der Waals surface area contributed by atoms with Gasteiger partial charge in [0.1, 0.15) is 0 Å². The lowest BCUT2D eigenvalue weighted by atomic mass is 10.0. The maximum atomic E-state index is 12.2. The van der Waals surface area contributed by atoms with Crippen molar-refractivity contribution in [3.05, 3.63) is 47.5 Å². The number of ether oxygens (including phenoxy) is 1. The molecule has 2 N–H and O–H groups in total. The van der Waals surface area contributed by atoms with Crippen molar-refractivity contribution in [3.63, 3.8) is 0 Å². The van der Waals surface area contributed by atoms with E-state index in [4.69, 9.17) is 9.84 Å². The van der Waals surface area contributed by atoms with Crippen LogP contribution in [0.4, 0.5) is 0 Å². The van der Waals surface area contributed by atoms with E-state index in [2.05, 4.69) is 6.07 Å². The van der Waals surface area contributed by atoms with Gasteiger partial charge in [0.15, 0.2) is 0 Å². The molecule has 0 aliphatic carbocycles. The van der Waals surface area contributed by atoms with Crippen LogP contribution in [-0.4, -0.2) is 64.9 Å². The minimum absolute atomic E-state index is 0.0833.